The average molecular weight is 194 g/mol. The molecule has 1 aromatic rings. The standard InChI is InChI=1S/C11H18N2O/c1-13-7-6-12-11(13)10(14)8-9-4-2-3-5-9/h6-7,9-10,14H,2-5,8H2,1H3. The SMILES string of the molecule is Cn1ccnc1C(O)CC1CCCC1. The van der Waals surface area contributed by atoms with E-state index in [4.69, 9.17) is 0 Å². The molecule has 14 heavy (non-hydrogen) atoms. The molecule has 0 aromatic carbocycles. The Morgan fingerprint density at radius 2 is 2.29 bits per heavy atom. The first-order valence-corrected chi connectivity index (χ1v) is 5.42. The number of hydrogen-bond donors (Lipinski definition) is 1. The van der Waals surface area contributed by atoms with Crippen LogP contribution >= 0.6 is 0 Å². The quantitative estimate of drug-likeness (QED) is 0.799. The van der Waals surface area contributed by atoms with Gasteiger partial charge in [-0.1, -0.05) is 25.7 Å². The third kappa shape index (κ3) is 1.98. The van der Waals surface area contributed by atoms with Crippen molar-refractivity contribution in [1.82, 2.24) is 9.55 Å². The van der Waals surface area contributed by atoms with Crippen molar-refractivity contribution in [3.8, 4) is 0 Å². The normalized spacial score (nSPS) is 20.1. The van der Waals surface area contributed by atoms with Gasteiger partial charge in [-0.25, -0.2) is 4.98 Å². The van der Waals surface area contributed by atoms with Crippen LogP contribution in [-0.4, -0.2) is 14.7 Å². The van der Waals surface area contributed by atoms with Gasteiger partial charge in [0.15, 0.2) is 0 Å². The van der Waals surface area contributed by atoms with Crippen molar-refractivity contribution >= 4 is 0 Å². The molecule has 3 nitrogen and oxygen atoms in total. The zero-order chi connectivity index (χ0) is 9.97. The molecule has 1 N–H and O–H groups in total. The fraction of sp³-hybridized carbons (Fsp3) is 0.727. The van der Waals surface area contributed by atoms with Crippen LogP contribution in [-0.2, 0) is 7.05 Å². The van der Waals surface area contributed by atoms with Crippen LogP contribution in [0.1, 0.15) is 44.0 Å². The molecule has 1 atom stereocenters. The molecule has 1 unspecified atom stereocenters. The zero-order valence-corrected chi connectivity index (χ0v) is 8.69. The minimum atomic E-state index is -0.377. The predicted molar refractivity (Wildman–Crippen MR) is 54.7 cm³/mol. The number of aliphatic hydroxyl groups is 1. The Balaban J connectivity index is 1.95. The topological polar surface area (TPSA) is 38.0 Å². The lowest BCUT2D eigenvalue weighted by Gasteiger charge is -2.14. The number of aromatic nitrogens is 2. The van der Waals surface area contributed by atoms with Crippen LogP contribution in [0, 0.1) is 5.92 Å². The van der Waals surface area contributed by atoms with E-state index in [1.54, 1.807) is 6.20 Å². The minimum Gasteiger partial charge on any atom is -0.385 e. The van der Waals surface area contributed by atoms with E-state index in [2.05, 4.69) is 4.98 Å². The van der Waals surface area contributed by atoms with Crippen LogP contribution in [0.15, 0.2) is 12.4 Å². The number of imidazole rings is 1. The molecule has 0 radical (unpaired) electrons. The molecule has 0 saturated heterocycles. The van der Waals surface area contributed by atoms with E-state index < -0.39 is 0 Å². The van der Waals surface area contributed by atoms with E-state index in [0.717, 1.165) is 12.2 Å². The largest absolute Gasteiger partial charge is 0.385 e. The molecule has 0 aliphatic heterocycles. The van der Waals surface area contributed by atoms with Crippen molar-refractivity contribution < 1.29 is 5.11 Å². The van der Waals surface area contributed by atoms with Gasteiger partial charge in [-0.15, -0.1) is 0 Å². The predicted octanol–water partition coefficient (Wildman–Crippen LogP) is 2.03. The Bertz CT molecular complexity index is 289. The highest BCUT2D eigenvalue weighted by Gasteiger charge is 2.21. The van der Waals surface area contributed by atoms with Crippen molar-refractivity contribution in [2.75, 3.05) is 0 Å². The summed E-state index contributed by atoms with van der Waals surface area (Å²) in [5.74, 6) is 1.51. The van der Waals surface area contributed by atoms with Crippen LogP contribution in [0.3, 0.4) is 0 Å². The summed E-state index contributed by atoms with van der Waals surface area (Å²) in [6, 6.07) is 0. The Hall–Kier alpha value is -0.830. The second-order valence-corrected chi connectivity index (χ2v) is 4.30. The van der Waals surface area contributed by atoms with Gasteiger partial charge in [0.05, 0.1) is 0 Å². The maximum Gasteiger partial charge on any atom is 0.137 e. The molecule has 1 aromatic heterocycles. The molecule has 0 spiro atoms. The first kappa shape index (κ1) is 9.71. The van der Waals surface area contributed by atoms with Crippen LogP contribution in [0.25, 0.3) is 0 Å². The lowest BCUT2D eigenvalue weighted by atomic mass is 10.00. The molecule has 0 bridgehead atoms. The van der Waals surface area contributed by atoms with Crippen LogP contribution in [0.4, 0.5) is 0 Å². The van der Waals surface area contributed by atoms with E-state index in [9.17, 15) is 5.11 Å². The maximum atomic E-state index is 9.97. The third-order valence-electron chi connectivity index (χ3n) is 3.19. The smallest absolute Gasteiger partial charge is 0.137 e. The van der Waals surface area contributed by atoms with Gasteiger partial charge in [0.2, 0.25) is 0 Å². The molecule has 1 aliphatic carbocycles. The number of rotatable bonds is 3. The van der Waals surface area contributed by atoms with Gasteiger partial charge in [-0.3, -0.25) is 0 Å². The molecule has 0 amide bonds. The molecular formula is C11H18N2O. The van der Waals surface area contributed by atoms with E-state index in [1.807, 2.05) is 17.8 Å². The molecule has 2 rings (SSSR count). The van der Waals surface area contributed by atoms with E-state index >= 15 is 0 Å². The molecule has 78 valence electrons. The fourth-order valence-corrected chi connectivity index (χ4v) is 2.37. The van der Waals surface area contributed by atoms with E-state index in [0.29, 0.717) is 5.92 Å². The number of aliphatic hydroxyl groups excluding tert-OH is 1. The van der Waals surface area contributed by atoms with Gasteiger partial charge in [0, 0.05) is 19.4 Å². The molecular weight excluding hydrogens is 176 g/mol. The Morgan fingerprint density at radius 1 is 1.57 bits per heavy atom. The van der Waals surface area contributed by atoms with Gasteiger partial charge >= 0.3 is 0 Å². The Kier molecular flexibility index (Phi) is 2.87. The second kappa shape index (κ2) is 4.13. The summed E-state index contributed by atoms with van der Waals surface area (Å²) in [4.78, 5) is 4.17. The summed E-state index contributed by atoms with van der Waals surface area (Å²) in [5, 5.41) is 9.97. The Morgan fingerprint density at radius 3 is 2.86 bits per heavy atom. The number of nitrogens with zero attached hydrogens (tertiary/aromatic N) is 2. The van der Waals surface area contributed by atoms with Crippen molar-refractivity contribution in [1.29, 1.82) is 0 Å². The fourth-order valence-electron chi connectivity index (χ4n) is 2.37. The van der Waals surface area contributed by atoms with E-state index in [-0.39, 0.29) is 6.10 Å². The van der Waals surface area contributed by atoms with Crippen molar-refractivity contribution in [3.63, 3.8) is 0 Å². The Labute approximate surface area is 84.8 Å². The highest BCUT2D eigenvalue weighted by atomic mass is 16.3. The first-order chi connectivity index (χ1) is 6.77. The minimum absolute atomic E-state index is 0.377. The van der Waals surface area contributed by atoms with Gasteiger partial charge in [0.25, 0.3) is 0 Å². The first-order valence-electron chi connectivity index (χ1n) is 5.42. The van der Waals surface area contributed by atoms with Gasteiger partial charge in [0.1, 0.15) is 11.9 Å². The molecule has 3 heteroatoms. The number of hydrogen-bond acceptors (Lipinski definition) is 2. The molecule has 1 saturated carbocycles. The average Bonchev–Trinajstić information content (AvgIpc) is 2.75. The van der Waals surface area contributed by atoms with Gasteiger partial charge in [-0.05, 0) is 12.3 Å². The van der Waals surface area contributed by atoms with Crippen molar-refractivity contribution in [2.24, 2.45) is 13.0 Å². The molecule has 1 aliphatic rings. The van der Waals surface area contributed by atoms with Gasteiger partial charge in [-0.2, -0.15) is 0 Å². The van der Waals surface area contributed by atoms with E-state index in [1.165, 1.54) is 25.7 Å². The van der Waals surface area contributed by atoms with Crippen molar-refractivity contribution in [3.05, 3.63) is 18.2 Å². The summed E-state index contributed by atoms with van der Waals surface area (Å²) >= 11 is 0. The van der Waals surface area contributed by atoms with Crippen LogP contribution in [0.5, 0.6) is 0 Å². The summed E-state index contributed by atoms with van der Waals surface area (Å²) < 4.78 is 1.90. The lowest BCUT2D eigenvalue weighted by Crippen LogP contribution is -2.09. The highest BCUT2D eigenvalue weighted by Crippen LogP contribution is 2.32. The molecule has 1 fully saturated rings. The van der Waals surface area contributed by atoms with Gasteiger partial charge < -0.3 is 9.67 Å². The zero-order valence-electron chi connectivity index (χ0n) is 8.69. The molecule has 1 heterocycles. The monoisotopic (exact) mass is 194 g/mol. The highest BCUT2D eigenvalue weighted by molar-refractivity contribution is 4.96. The lowest BCUT2D eigenvalue weighted by molar-refractivity contribution is 0.133. The number of aryl methyl sites for hydroxylation is 1. The van der Waals surface area contributed by atoms with Crippen LogP contribution in [0.2, 0.25) is 0 Å². The summed E-state index contributed by atoms with van der Waals surface area (Å²) in [6.07, 6.45) is 9.35. The van der Waals surface area contributed by atoms with Crippen LogP contribution < -0.4 is 0 Å². The summed E-state index contributed by atoms with van der Waals surface area (Å²) in [6.45, 7) is 0. The maximum absolute atomic E-state index is 9.97. The summed E-state index contributed by atoms with van der Waals surface area (Å²) in [5.41, 5.74) is 0. The van der Waals surface area contributed by atoms with Crippen molar-refractivity contribution in [2.45, 2.75) is 38.2 Å². The third-order valence-corrected chi connectivity index (χ3v) is 3.19. The second-order valence-electron chi connectivity index (χ2n) is 4.30. The summed E-state index contributed by atoms with van der Waals surface area (Å²) in [7, 11) is 1.93.